The molecule has 0 fully saturated rings. The minimum absolute atomic E-state index is 0.154. The lowest BCUT2D eigenvalue weighted by Gasteiger charge is -2.13. The Labute approximate surface area is 229 Å². The van der Waals surface area contributed by atoms with E-state index in [4.69, 9.17) is 15.2 Å². The van der Waals surface area contributed by atoms with Gasteiger partial charge >= 0.3 is 0 Å². The van der Waals surface area contributed by atoms with Gasteiger partial charge in [-0.05, 0) is 59.7 Å². The Morgan fingerprint density at radius 3 is 2.30 bits per heavy atom. The van der Waals surface area contributed by atoms with Gasteiger partial charge in [0.2, 0.25) is 0 Å². The smallest absolute Gasteiger partial charge is 0.194 e. The third kappa shape index (κ3) is 5.35. The minimum Gasteiger partial charge on any atom is -0.493 e. The normalized spacial score (nSPS) is 10.8. The second kappa shape index (κ2) is 11.3. The summed E-state index contributed by atoms with van der Waals surface area (Å²) >= 11 is 0. The summed E-state index contributed by atoms with van der Waals surface area (Å²) in [5, 5.41) is 3.09. The Hall–Kier alpha value is -5.18. The van der Waals surface area contributed by atoms with E-state index in [0.29, 0.717) is 39.4 Å². The number of ether oxygens (including phenoxy) is 2. The van der Waals surface area contributed by atoms with Crippen molar-refractivity contribution in [3.63, 3.8) is 0 Å². The van der Waals surface area contributed by atoms with Gasteiger partial charge in [0.1, 0.15) is 17.5 Å². The SMILES string of the molecule is COc1ccc(-c2cnc(N)c(-c3ccc(NCc4c[nH]cc(-c5ccc(F)cc5)c4=O)cc3F)c2)cc1OC. The molecule has 0 saturated heterocycles. The van der Waals surface area contributed by atoms with Gasteiger partial charge in [0, 0.05) is 58.6 Å². The Morgan fingerprint density at radius 2 is 1.57 bits per heavy atom. The van der Waals surface area contributed by atoms with Gasteiger partial charge in [0.05, 0.1) is 14.2 Å². The van der Waals surface area contributed by atoms with Gasteiger partial charge < -0.3 is 25.5 Å². The summed E-state index contributed by atoms with van der Waals surface area (Å²) in [5.41, 5.74) is 10.1. The van der Waals surface area contributed by atoms with Crippen LogP contribution in [0.4, 0.5) is 20.3 Å². The molecule has 0 aliphatic heterocycles. The van der Waals surface area contributed by atoms with Crippen LogP contribution in [0.3, 0.4) is 0 Å². The maximum atomic E-state index is 15.3. The summed E-state index contributed by atoms with van der Waals surface area (Å²) in [6, 6.07) is 17.6. The van der Waals surface area contributed by atoms with Crippen molar-refractivity contribution < 1.29 is 18.3 Å². The molecule has 0 unspecified atom stereocenters. The summed E-state index contributed by atoms with van der Waals surface area (Å²) in [6.07, 6.45) is 4.77. The molecule has 0 spiro atoms. The zero-order valence-electron chi connectivity index (χ0n) is 21.8. The molecule has 0 aliphatic carbocycles. The number of anilines is 2. The van der Waals surface area contributed by atoms with E-state index < -0.39 is 5.82 Å². The van der Waals surface area contributed by atoms with Crippen LogP contribution < -0.4 is 26.0 Å². The highest BCUT2D eigenvalue weighted by Gasteiger charge is 2.14. The molecule has 202 valence electrons. The number of H-pyrrole nitrogens is 1. The largest absolute Gasteiger partial charge is 0.493 e. The van der Waals surface area contributed by atoms with Crippen LogP contribution >= 0.6 is 0 Å². The fraction of sp³-hybridized carbons (Fsp3) is 0.0968. The molecule has 3 aromatic carbocycles. The van der Waals surface area contributed by atoms with Crippen LogP contribution in [0.5, 0.6) is 11.5 Å². The Balaban J connectivity index is 1.38. The van der Waals surface area contributed by atoms with Gasteiger partial charge in [-0.15, -0.1) is 0 Å². The van der Waals surface area contributed by atoms with Gasteiger partial charge in [-0.3, -0.25) is 4.79 Å². The van der Waals surface area contributed by atoms with E-state index in [9.17, 15) is 9.18 Å². The number of aromatic amines is 1. The predicted octanol–water partition coefficient (Wildman–Crippen LogP) is 6.26. The lowest BCUT2D eigenvalue weighted by Crippen LogP contribution is -2.15. The first-order chi connectivity index (χ1) is 19.4. The summed E-state index contributed by atoms with van der Waals surface area (Å²) < 4.78 is 39.3. The van der Waals surface area contributed by atoms with E-state index in [2.05, 4.69) is 15.3 Å². The number of benzene rings is 3. The highest BCUT2D eigenvalue weighted by Crippen LogP contribution is 2.36. The number of hydrogen-bond donors (Lipinski definition) is 3. The highest BCUT2D eigenvalue weighted by atomic mass is 19.1. The average Bonchev–Trinajstić information content (AvgIpc) is 2.97. The molecule has 2 aromatic heterocycles. The molecule has 0 atom stereocenters. The molecule has 0 radical (unpaired) electrons. The standard InChI is InChI=1S/C31H26F2N4O3/c1-39-28-10-5-19(12-29(28)40-2)20-11-25(31(34)37-15-20)24-9-8-23(13-27(24)33)36-16-21-14-35-17-26(30(21)38)18-3-6-22(32)7-4-18/h3-15,17,36H,16H2,1-2H3,(H2,34,37)(H,35,38). The second-order valence-electron chi connectivity index (χ2n) is 9.01. The quantitative estimate of drug-likeness (QED) is 0.215. The molecule has 9 heteroatoms. The Morgan fingerprint density at radius 1 is 0.825 bits per heavy atom. The Kier molecular flexibility index (Phi) is 7.46. The minimum atomic E-state index is -0.503. The van der Waals surface area contributed by atoms with Crippen LogP contribution in [-0.4, -0.2) is 24.2 Å². The molecule has 0 aliphatic rings. The van der Waals surface area contributed by atoms with E-state index in [1.54, 1.807) is 69.2 Å². The van der Waals surface area contributed by atoms with Crippen molar-refractivity contribution in [3.05, 3.63) is 113 Å². The zero-order valence-corrected chi connectivity index (χ0v) is 21.8. The van der Waals surface area contributed by atoms with Crippen LogP contribution in [0.15, 0.2) is 90.1 Å². The summed E-state index contributed by atoms with van der Waals surface area (Å²) in [7, 11) is 3.11. The maximum absolute atomic E-state index is 15.3. The van der Waals surface area contributed by atoms with Crippen LogP contribution in [0, 0.1) is 11.6 Å². The number of pyridine rings is 2. The first-order valence-corrected chi connectivity index (χ1v) is 12.4. The topological polar surface area (TPSA) is 102 Å². The van der Waals surface area contributed by atoms with E-state index in [1.807, 2.05) is 12.1 Å². The van der Waals surface area contributed by atoms with Crippen LogP contribution in [-0.2, 0) is 6.54 Å². The number of nitrogen functional groups attached to an aromatic ring is 1. The van der Waals surface area contributed by atoms with Crippen LogP contribution in [0.1, 0.15) is 5.56 Å². The first kappa shape index (κ1) is 26.4. The van der Waals surface area contributed by atoms with E-state index in [-0.39, 0.29) is 29.2 Å². The van der Waals surface area contributed by atoms with Gasteiger partial charge in [0.25, 0.3) is 0 Å². The zero-order chi connectivity index (χ0) is 28.2. The van der Waals surface area contributed by atoms with Gasteiger partial charge in [0.15, 0.2) is 16.9 Å². The molecule has 4 N–H and O–H groups in total. The molecule has 0 bridgehead atoms. The number of rotatable bonds is 8. The molecular formula is C31H26F2N4O3. The molecular weight excluding hydrogens is 514 g/mol. The molecule has 0 saturated carbocycles. The van der Waals surface area contributed by atoms with Crippen molar-refractivity contribution in [2.24, 2.45) is 0 Å². The molecule has 40 heavy (non-hydrogen) atoms. The molecule has 5 rings (SSSR count). The molecule has 0 amide bonds. The Bertz CT molecular complexity index is 1740. The number of methoxy groups -OCH3 is 2. The van der Waals surface area contributed by atoms with Gasteiger partial charge in [-0.2, -0.15) is 0 Å². The number of halogens is 2. The lowest BCUT2D eigenvalue weighted by atomic mass is 10.00. The fourth-order valence-electron chi connectivity index (χ4n) is 4.41. The van der Waals surface area contributed by atoms with Gasteiger partial charge in [-0.25, -0.2) is 13.8 Å². The molecule has 2 heterocycles. The van der Waals surface area contributed by atoms with Crippen LogP contribution in [0.25, 0.3) is 33.4 Å². The van der Waals surface area contributed by atoms with Crippen molar-refractivity contribution in [2.75, 3.05) is 25.3 Å². The van der Waals surface area contributed by atoms with Crippen molar-refractivity contribution in [2.45, 2.75) is 6.54 Å². The van der Waals surface area contributed by atoms with Gasteiger partial charge in [-0.1, -0.05) is 18.2 Å². The number of aromatic nitrogens is 2. The number of hydrogen-bond acceptors (Lipinski definition) is 6. The number of nitrogens with zero attached hydrogens (tertiary/aromatic N) is 1. The summed E-state index contributed by atoms with van der Waals surface area (Å²) in [5.74, 6) is 0.453. The van der Waals surface area contributed by atoms with Crippen molar-refractivity contribution >= 4 is 11.5 Å². The molecule has 7 nitrogen and oxygen atoms in total. The molecule has 5 aromatic rings. The lowest BCUT2D eigenvalue weighted by molar-refractivity contribution is 0.355. The second-order valence-corrected chi connectivity index (χ2v) is 9.01. The number of nitrogens with one attached hydrogen (secondary N) is 2. The fourth-order valence-corrected chi connectivity index (χ4v) is 4.41. The predicted molar refractivity (Wildman–Crippen MR) is 152 cm³/mol. The van der Waals surface area contributed by atoms with E-state index in [1.165, 1.54) is 18.2 Å². The first-order valence-electron chi connectivity index (χ1n) is 12.4. The van der Waals surface area contributed by atoms with E-state index >= 15 is 4.39 Å². The van der Waals surface area contributed by atoms with E-state index in [0.717, 1.165) is 11.1 Å². The summed E-state index contributed by atoms with van der Waals surface area (Å²) in [4.78, 5) is 20.2. The third-order valence-corrected chi connectivity index (χ3v) is 6.55. The van der Waals surface area contributed by atoms with Crippen LogP contribution in [0.2, 0.25) is 0 Å². The number of nitrogens with two attached hydrogens (primary N) is 1. The third-order valence-electron chi connectivity index (χ3n) is 6.55. The van der Waals surface area contributed by atoms with Crippen molar-refractivity contribution in [3.8, 4) is 44.9 Å². The van der Waals surface area contributed by atoms with Crippen molar-refractivity contribution in [1.29, 1.82) is 0 Å². The maximum Gasteiger partial charge on any atom is 0.194 e. The average molecular weight is 541 g/mol. The highest BCUT2D eigenvalue weighted by molar-refractivity contribution is 5.81. The summed E-state index contributed by atoms with van der Waals surface area (Å²) in [6.45, 7) is 0.154. The monoisotopic (exact) mass is 540 g/mol. The van der Waals surface area contributed by atoms with Crippen molar-refractivity contribution in [1.82, 2.24) is 9.97 Å².